The van der Waals surface area contributed by atoms with Gasteiger partial charge in [-0.1, -0.05) is 0 Å². The fraction of sp³-hybridized carbons (Fsp3) is 0.500. The van der Waals surface area contributed by atoms with E-state index in [4.69, 9.17) is 0 Å². The van der Waals surface area contributed by atoms with Crippen molar-refractivity contribution in [3.05, 3.63) is 24.0 Å². The molecule has 0 aliphatic heterocycles. The third-order valence-corrected chi connectivity index (χ3v) is 0.580. The molecule has 0 amide bonds. The van der Waals surface area contributed by atoms with E-state index in [9.17, 15) is 0 Å². The summed E-state index contributed by atoms with van der Waals surface area (Å²) in [5.74, 6) is 0. The second kappa shape index (κ2) is 9.27. The summed E-state index contributed by atoms with van der Waals surface area (Å²) in [6.07, 6.45) is 6.19. The molecule has 1 heterocycles. The first-order valence-electron chi connectivity index (χ1n) is 2.64. The van der Waals surface area contributed by atoms with E-state index < -0.39 is 0 Å². The van der Waals surface area contributed by atoms with Crippen molar-refractivity contribution < 1.29 is 32.7 Å². The van der Waals surface area contributed by atoms with Crippen LogP contribution in [0, 0.1) is 6.33 Å². The molecule has 0 aromatic carbocycles. The molecule has 0 aliphatic rings. The Morgan fingerprint density at radius 3 is 2.10 bits per heavy atom. The molecule has 1 aromatic rings. The number of aryl methyl sites for hydroxylation is 1. The van der Waals surface area contributed by atoms with Crippen molar-refractivity contribution in [2.24, 2.45) is 7.05 Å². The number of aromatic nitrogens is 2. The molecule has 1 rings (SSSR count). The summed E-state index contributed by atoms with van der Waals surface area (Å²) in [5.41, 5.74) is 0. The first kappa shape index (κ1) is 12.9. The average Bonchev–Trinajstić information content (AvgIpc) is 2.20. The van der Waals surface area contributed by atoms with Crippen LogP contribution in [0.5, 0.6) is 0 Å². The summed E-state index contributed by atoms with van der Waals surface area (Å²) >= 11 is 0. The van der Waals surface area contributed by atoms with Gasteiger partial charge in [-0.05, 0) is 7.05 Å². The number of rotatable bonds is 0. The van der Waals surface area contributed by atoms with Gasteiger partial charge >= 0.3 is 0 Å². The van der Waals surface area contributed by atoms with E-state index in [2.05, 4.69) is 16.6 Å². The molecule has 0 bridgehead atoms. The maximum Gasteiger partial charge on any atom is 0.000183 e. The first-order chi connectivity index (χ1) is 4.31. The van der Waals surface area contributed by atoms with Crippen LogP contribution in [-0.2, 0) is 39.8 Å². The monoisotopic (exact) mass is 214 g/mol. The van der Waals surface area contributed by atoms with E-state index in [1.54, 1.807) is 24.9 Å². The first-order valence-corrected chi connectivity index (χ1v) is 2.64. The fourth-order valence-corrected chi connectivity index (χ4v) is 0.291. The molecule has 0 saturated heterocycles. The quantitative estimate of drug-likeness (QED) is 0.589. The third kappa shape index (κ3) is 8.27. The molecule has 10 heavy (non-hydrogen) atoms. The van der Waals surface area contributed by atoms with E-state index >= 15 is 0 Å². The van der Waals surface area contributed by atoms with E-state index in [1.807, 2.05) is 13.2 Å². The minimum absolute atomic E-state index is 0. The van der Waals surface area contributed by atoms with Crippen LogP contribution >= 0.6 is 0 Å². The Kier molecular flexibility index (Phi) is 12.0. The van der Waals surface area contributed by atoms with Crippen LogP contribution < -0.4 is 0 Å². The fourth-order valence-electron chi connectivity index (χ4n) is 0.291. The van der Waals surface area contributed by atoms with E-state index in [0.29, 0.717) is 0 Å². The molecule has 0 spiro atoms. The van der Waals surface area contributed by atoms with Crippen molar-refractivity contribution in [3.8, 4) is 0 Å². The Morgan fingerprint density at radius 1 is 1.50 bits per heavy atom. The van der Waals surface area contributed by atoms with Crippen molar-refractivity contribution >= 4 is 0 Å². The van der Waals surface area contributed by atoms with Gasteiger partial charge in [0.15, 0.2) is 0 Å². The topological polar surface area (TPSA) is 31.9 Å². The molecule has 0 aliphatic carbocycles. The van der Waals surface area contributed by atoms with Gasteiger partial charge in [0.1, 0.15) is 0 Å². The van der Waals surface area contributed by atoms with Gasteiger partial charge < -0.3 is 14.9 Å². The zero-order valence-corrected chi connectivity index (χ0v) is 9.41. The van der Waals surface area contributed by atoms with Crippen LogP contribution in [0.25, 0.3) is 5.32 Å². The summed E-state index contributed by atoms with van der Waals surface area (Å²) < 4.78 is 1.76. The van der Waals surface area contributed by atoms with Crippen LogP contribution in [-0.4, -0.2) is 23.6 Å². The van der Waals surface area contributed by atoms with E-state index in [0.717, 1.165) is 0 Å². The third-order valence-electron chi connectivity index (χ3n) is 0.580. The van der Waals surface area contributed by atoms with Crippen molar-refractivity contribution in [2.45, 2.75) is 0 Å². The number of hydrogen-bond donors (Lipinski definition) is 0. The molecular formula is C6H11N3Y-2. The number of hydrogen-bond acceptors (Lipinski definition) is 1. The molecule has 0 fully saturated rings. The molecule has 4 heteroatoms. The van der Waals surface area contributed by atoms with Crippen molar-refractivity contribution in [1.29, 1.82) is 0 Å². The molecule has 0 N–H and O–H groups in total. The second-order valence-electron chi connectivity index (χ2n) is 1.59. The predicted molar refractivity (Wildman–Crippen MR) is 37.3 cm³/mol. The molecule has 55 valence electrons. The molecule has 0 unspecified atom stereocenters. The van der Waals surface area contributed by atoms with Crippen molar-refractivity contribution in [2.75, 3.05) is 14.1 Å². The summed E-state index contributed by atoms with van der Waals surface area (Å²) in [4.78, 5) is 3.66. The van der Waals surface area contributed by atoms with Gasteiger partial charge in [-0.3, -0.25) is 0 Å². The largest absolute Gasteiger partial charge is 0.668 e. The zero-order valence-electron chi connectivity index (χ0n) is 6.57. The Bertz CT molecular complexity index is 128. The number of imidazole rings is 1. The van der Waals surface area contributed by atoms with Gasteiger partial charge in [-0.2, -0.15) is 14.1 Å². The minimum atomic E-state index is 0. The number of nitrogens with zero attached hydrogens (tertiary/aromatic N) is 3. The van der Waals surface area contributed by atoms with Gasteiger partial charge in [0.05, 0.1) is 0 Å². The van der Waals surface area contributed by atoms with Crippen LogP contribution in [0.1, 0.15) is 0 Å². The van der Waals surface area contributed by atoms with Crippen molar-refractivity contribution in [3.63, 3.8) is 0 Å². The predicted octanol–water partition coefficient (Wildman–Crippen LogP) is 0.837. The minimum Gasteiger partial charge on any atom is -0.668 e. The molecular weight excluding hydrogens is 203 g/mol. The second-order valence-corrected chi connectivity index (χ2v) is 1.59. The summed E-state index contributed by atoms with van der Waals surface area (Å²) in [7, 11) is 5.38. The Labute approximate surface area is 87.1 Å². The Morgan fingerprint density at radius 2 is 2.00 bits per heavy atom. The van der Waals surface area contributed by atoms with Gasteiger partial charge in [-0.25, -0.2) is 0 Å². The molecule has 1 aromatic heterocycles. The summed E-state index contributed by atoms with van der Waals surface area (Å²) in [5, 5.41) is 3.50. The van der Waals surface area contributed by atoms with Gasteiger partial charge in [0.2, 0.25) is 0 Å². The summed E-state index contributed by atoms with van der Waals surface area (Å²) in [6.45, 7) is 0. The van der Waals surface area contributed by atoms with Gasteiger partial charge in [0, 0.05) is 39.0 Å². The van der Waals surface area contributed by atoms with E-state index in [-0.39, 0.29) is 32.7 Å². The summed E-state index contributed by atoms with van der Waals surface area (Å²) in [6, 6.07) is 0. The molecule has 0 saturated carbocycles. The molecule has 0 atom stereocenters. The molecule has 3 nitrogen and oxygen atoms in total. The van der Waals surface area contributed by atoms with Crippen molar-refractivity contribution in [1.82, 2.24) is 9.55 Å². The Hall–Kier alpha value is 0.274. The van der Waals surface area contributed by atoms with Crippen LogP contribution in [0.4, 0.5) is 0 Å². The maximum atomic E-state index is 3.66. The standard InChI is InChI=1S/C4H5N2.C2H6N.Y/c1-6-3-2-5-4-6;1-3-2;/h2-3H,1H3;1-2H3;/q2*-1;. The SMILES string of the molecule is C[N-]C.Cn1[c-]ncc1.[Y]. The van der Waals surface area contributed by atoms with Crippen LogP contribution in [0.2, 0.25) is 0 Å². The molecule has 1 radical (unpaired) electrons. The normalized spacial score (nSPS) is 7.10. The zero-order chi connectivity index (χ0) is 7.11. The van der Waals surface area contributed by atoms with Gasteiger partial charge in [0.25, 0.3) is 0 Å². The average molecular weight is 214 g/mol. The Balaban J connectivity index is 0. The maximum absolute atomic E-state index is 3.66. The van der Waals surface area contributed by atoms with Crippen LogP contribution in [0.3, 0.4) is 0 Å². The van der Waals surface area contributed by atoms with Crippen LogP contribution in [0.15, 0.2) is 12.4 Å². The van der Waals surface area contributed by atoms with Gasteiger partial charge in [-0.15, -0.1) is 12.4 Å². The smallest absolute Gasteiger partial charge is 0.000183 e. The van der Waals surface area contributed by atoms with E-state index in [1.165, 1.54) is 0 Å².